The molecule has 0 atom stereocenters. The summed E-state index contributed by atoms with van der Waals surface area (Å²) < 4.78 is 2.06. The monoisotopic (exact) mass is 341 g/mol. The smallest absolute Gasteiger partial charge is 0.268 e. The molecule has 0 fully saturated rings. The number of nitrogens with zero attached hydrogens (tertiary/aromatic N) is 5. The average Bonchev–Trinajstić information content (AvgIpc) is 3.05. The van der Waals surface area contributed by atoms with Crippen LogP contribution < -0.4 is 11.1 Å². The van der Waals surface area contributed by atoms with Crippen LogP contribution in [0.2, 0.25) is 0 Å². The van der Waals surface area contributed by atoms with E-state index in [9.17, 15) is 0 Å². The van der Waals surface area contributed by atoms with Gasteiger partial charge < -0.3 is 15.5 Å². The standard InChI is InChI=1S/C19H15N7/c1-21-17-18(20)24-12-25-19(17)23-10-13-11-26-9-5-3-7-15(26)16(13)14-6-2-4-8-22-14/h2-9,11-12H,10H2,(H3,20,23,24,25). The summed E-state index contributed by atoms with van der Waals surface area (Å²) in [5, 5.41) is 3.21. The van der Waals surface area contributed by atoms with E-state index in [-0.39, 0.29) is 11.5 Å². The van der Waals surface area contributed by atoms with E-state index in [1.54, 1.807) is 6.20 Å². The van der Waals surface area contributed by atoms with Gasteiger partial charge in [-0.2, -0.15) is 0 Å². The van der Waals surface area contributed by atoms with Gasteiger partial charge in [0.25, 0.3) is 5.69 Å². The zero-order valence-corrected chi connectivity index (χ0v) is 13.8. The minimum Gasteiger partial charge on any atom is -0.392 e. The van der Waals surface area contributed by atoms with Gasteiger partial charge in [-0.05, 0) is 29.8 Å². The van der Waals surface area contributed by atoms with Crippen LogP contribution in [0, 0.1) is 6.57 Å². The molecule has 0 aromatic carbocycles. The van der Waals surface area contributed by atoms with Crippen molar-refractivity contribution >= 4 is 22.8 Å². The molecule has 0 aliphatic rings. The minimum atomic E-state index is 0.171. The van der Waals surface area contributed by atoms with E-state index in [2.05, 4.69) is 41.8 Å². The number of hydrogen-bond acceptors (Lipinski definition) is 5. The second-order valence-electron chi connectivity index (χ2n) is 5.66. The summed E-state index contributed by atoms with van der Waals surface area (Å²) in [6.07, 6.45) is 7.18. The normalized spacial score (nSPS) is 10.6. The van der Waals surface area contributed by atoms with Crippen molar-refractivity contribution < 1.29 is 0 Å². The topological polar surface area (TPSA) is 85.5 Å². The Balaban J connectivity index is 1.76. The van der Waals surface area contributed by atoms with Crippen molar-refractivity contribution in [2.24, 2.45) is 0 Å². The second-order valence-corrected chi connectivity index (χ2v) is 5.66. The van der Waals surface area contributed by atoms with Gasteiger partial charge in [0.05, 0.1) is 17.8 Å². The molecule has 0 saturated carbocycles. The average molecular weight is 341 g/mol. The molecule has 0 aliphatic carbocycles. The predicted molar refractivity (Wildman–Crippen MR) is 101 cm³/mol. The van der Waals surface area contributed by atoms with Gasteiger partial charge in [-0.1, -0.05) is 12.1 Å². The lowest BCUT2D eigenvalue weighted by molar-refractivity contribution is 1.08. The Hall–Kier alpha value is -3.92. The van der Waals surface area contributed by atoms with Crippen LogP contribution in [0.5, 0.6) is 0 Å². The maximum Gasteiger partial charge on any atom is 0.268 e. The van der Waals surface area contributed by atoms with Crippen LogP contribution >= 0.6 is 0 Å². The predicted octanol–water partition coefficient (Wildman–Crippen LogP) is 3.54. The van der Waals surface area contributed by atoms with E-state index in [0.29, 0.717) is 12.4 Å². The fourth-order valence-electron chi connectivity index (χ4n) is 2.93. The van der Waals surface area contributed by atoms with Gasteiger partial charge in [-0.25, -0.2) is 14.8 Å². The third-order valence-electron chi connectivity index (χ3n) is 4.09. The summed E-state index contributed by atoms with van der Waals surface area (Å²) in [7, 11) is 0. The molecule has 4 rings (SSSR count). The molecule has 26 heavy (non-hydrogen) atoms. The Morgan fingerprint density at radius 1 is 1.12 bits per heavy atom. The van der Waals surface area contributed by atoms with Crippen molar-refractivity contribution in [2.45, 2.75) is 6.54 Å². The highest BCUT2D eigenvalue weighted by Crippen LogP contribution is 2.31. The first kappa shape index (κ1) is 15.6. The zero-order valence-electron chi connectivity index (χ0n) is 13.8. The molecule has 4 aromatic heterocycles. The highest BCUT2D eigenvalue weighted by molar-refractivity contribution is 5.83. The number of hydrogen-bond donors (Lipinski definition) is 2. The number of rotatable bonds is 4. The Morgan fingerprint density at radius 2 is 2.00 bits per heavy atom. The third-order valence-corrected chi connectivity index (χ3v) is 4.09. The maximum absolute atomic E-state index is 7.28. The number of nitrogens with one attached hydrogen (secondary N) is 1. The molecule has 0 bridgehead atoms. The van der Waals surface area contributed by atoms with Crippen LogP contribution in [0.15, 0.2) is 61.3 Å². The van der Waals surface area contributed by atoms with Crippen LogP contribution in [-0.4, -0.2) is 19.4 Å². The number of nitrogens with two attached hydrogens (primary N) is 1. The van der Waals surface area contributed by atoms with Crippen molar-refractivity contribution in [2.75, 3.05) is 11.1 Å². The first-order valence-corrected chi connectivity index (χ1v) is 7.99. The van der Waals surface area contributed by atoms with Crippen molar-refractivity contribution in [3.8, 4) is 11.3 Å². The third kappa shape index (κ3) is 2.70. The number of nitrogen functional groups attached to an aromatic ring is 1. The molecule has 126 valence electrons. The van der Waals surface area contributed by atoms with Gasteiger partial charge in [0.15, 0.2) is 0 Å². The maximum atomic E-state index is 7.28. The quantitative estimate of drug-likeness (QED) is 0.555. The van der Waals surface area contributed by atoms with E-state index < -0.39 is 0 Å². The molecule has 3 N–H and O–H groups in total. The van der Waals surface area contributed by atoms with Crippen molar-refractivity contribution in [3.63, 3.8) is 0 Å². The number of aromatic nitrogens is 4. The van der Waals surface area contributed by atoms with E-state index in [1.165, 1.54) is 6.33 Å². The molecule has 0 spiro atoms. The largest absolute Gasteiger partial charge is 0.392 e. The van der Waals surface area contributed by atoms with E-state index in [1.807, 2.05) is 36.5 Å². The van der Waals surface area contributed by atoms with Gasteiger partial charge in [-0.15, -0.1) is 0 Å². The van der Waals surface area contributed by atoms with Gasteiger partial charge in [-0.3, -0.25) is 4.98 Å². The van der Waals surface area contributed by atoms with Gasteiger partial charge >= 0.3 is 0 Å². The lowest BCUT2D eigenvalue weighted by atomic mass is 10.1. The molecule has 0 radical (unpaired) electrons. The van der Waals surface area contributed by atoms with Crippen molar-refractivity contribution in [3.05, 3.63) is 78.3 Å². The molecule has 0 saturated heterocycles. The summed E-state index contributed by atoms with van der Waals surface area (Å²) in [4.78, 5) is 15.9. The van der Waals surface area contributed by atoms with E-state index in [0.717, 1.165) is 22.3 Å². The molecule has 0 aliphatic heterocycles. The Morgan fingerprint density at radius 3 is 2.81 bits per heavy atom. The molecular weight excluding hydrogens is 326 g/mol. The Labute approximate surface area is 150 Å². The van der Waals surface area contributed by atoms with Gasteiger partial charge in [0.1, 0.15) is 18.0 Å². The second kappa shape index (κ2) is 6.53. The molecule has 0 unspecified atom stereocenters. The molecule has 7 nitrogen and oxygen atoms in total. The van der Waals surface area contributed by atoms with E-state index in [4.69, 9.17) is 12.3 Å². The number of anilines is 2. The molecule has 7 heteroatoms. The molecular formula is C19H15N7. The lowest BCUT2D eigenvalue weighted by Crippen LogP contribution is -2.04. The van der Waals surface area contributed by atoms with Gasteiger partial charge in [0.2, 0.25) is 0 Å². The summed E-state index contributed by atoms with van der Waals surface area (Å²) >= 11 is 0. The fraction of sp³-hybridized carbons (Fsp3) is 0.0526. The summed E-state index contributed by atoms with van der Waals surface area (Å²) in [5.74, 6) is 0.596. The van der Waals surface area contributed by atoms with Crippen LogP contribution in [0.1, 0.15) is 5.56 Å². The van der Waals surface area contributed by atoms with Crippen LogP contribution in [0.3, 0.4) is 0 Å². The Kier molecular flexibility index (Phi) is 3.92. The highest BCUT2D eigenvalue weighted by Gasteiger charge is 2.15. The molecule has 4 aromatic rings. The minimum absolute atomic E-state index is 0.171. The Bertz CT molecular complexity index is 1110. The van der Waals surface area contributed by atoms with Crippen LogP contribution in [-0.2, 0) is 6.54 Å². The summed E-state index contributed by atoms with van der Waals surface area (Å²) in [5.41, 5.74) is 10.0. The van der Waals surface area contributed by atoms with E-state index >= 15 is 0 Å². The van der Waals surface area contributed by atoms with Crippen LogP contribution in [0.25, 0.3) is 21.6 Å². The fourth-order valence-corrected chi connectivity index (χ4v) is 2.93. The number of pyridine rings is 2. The molecule has 0 amide bonds. The lowest BCUT2D eigenvalue weighted by Gasteiger charge is -2.09. The summed E-state index contributed by atoms with van der Waals surface area (Å²) in [6, 6.07) is 11.9. The first-order chi connectivity index (χ1) is 12.8. The number of fused-ring (bicyclic) bond motifs is 1. The van der Waals surface area contributed by atoms with Crippen molar-refractivity contribution in [1.82, 2.24) is 19.4 Å². The van der Waals surface area contributed by atoms with Gasteiger partial charge in [0, 0.05) is 30.7 Å². The van der Waals surface area contributed by atoms with Crippen molar-refractivity contribution in [1.29, 1.82) is 0 Å². The zero-order chi connectivity index (χ0) is 17.9. The van der Waals surface area contributed by atoms with Crippen LogP contribution in [0.4, 0.5) is 17.3 Å². The SMILES string of the molecule is [C-]#[N+]c1c(N)ncnc1NCc1cn2ccccc2c1-c1ccccn1. The summed E-state index contributed by atoms with van der Waals surface area (Å²) in [6.45, 7) is 7.76. The molecule has 4 heterocycles. The highest BCUT2D eigenvalue weighted by atomic mass is 15.1. The first-order valence-electron chi connectivity index (χ1n) is 7.99.